The second-order valence-corrected chi connectivity index (χ2v) is 7.54. The molecule has 0 bridgehead atoms. The van der Waals surface area contributed by atoms with Crippen LogP contribution in [0.5, 0.6) is 0 Å². The second-order valence-electron chi connectivity index (χ2n) is 6.63. The zero-order valence-electron chi connectivity index (χ0n) is 15.8. The van der Waals surface area contributed by atoms with Gasteiger partial charge in [0.15, 0.2) is 0 Å². The van der Waals surface area contributed by atoms with E-state index in [2.05, 4.69) is 27.3 Å². The van der Waals surface area contributed by atoms with Gasteiger partial charge in [0.2, 0.25) is 0 Å². The predicted octanol–water partition coefficient (Wildman–Crippen LogP) is 5.14. The van der Waals surface area contributed by atoms with Crippen molar-refractivity contribution in [1.82, 2.24) is 15.1 Å². The first-order valence-electron chi connectivity index (χ1n) is 9.33. The molecule has 1 aromatic heterocycles. The van der Waals surface area contributed by atoms with Gasteiger partial charge in [-0.2, -0.15) is 5.10 Å². The minimum atomic E-state index is -0.386. The summed E-state index contributed by atoms with van der Waals surface area (Å²) in [7, 11) is 1.97. The highest BCUT2D eigenvalue weighted by molar-refractivity contribution is 9.10. The van der Waals surface area contributed by atoms with Crippen LogP contribution in [0.3, 0.4) is 0 Å². The molecule has 1 N–H and O–H groups in total. The maximum atomic E-state index is 10.9. The highest BCUT2D eigenvalue weighted by Crippen LogP contribution is 2.25. The molecule has 0 atom stereocenters. The topological polar surface area (TPSA) is 73.0 Å². The van der Waals surface area contributed by atoms with Gasteiger partial charge >= 0.3 is 0 Å². The van der Waals surface area contributed by atoms with E-state index in [4.69, 9.17) is 5.10 Å². The van der Waals surface area contributed by atoms with Crippen LogP contribution in [0.4, 0.5) is 5.69 Å². The third-order valence-electron chi connectivity index (χ3n) is 4.59. The number of halogens is 1. The lowest BCUT2D eigenvalue weighted by atomic mass is 10.1. The zero-order valence-corrected chi connectivity index (χ0v) is 17.4. The lowest BCUT2D eigenvalue weighted by molar-refractivity contribution is -0.384. The fourth-order valence-electron chi connectivity index (χ4n) is 3.08. The van der Waals surface area contributed by atoms with Gasteiger partial charge in [0.25, 0.3) is 5.69 Å². The molecule has 0 saturated carbocycles. The third-order valence-corrected chi connectivity index (χ3v) is 5.12. The molecule has 0 amide bonds. The van der Waals surface area contributed by atoms with E-state index in [9.17, 15) is 10.1 Å². The van der Waals surface area contributed by atoms with Gasteiger partial charge in [-0.05, 0) is 63.2 Å². The Morgan fingerprint density at radius 1 is 1.07 bits per heavy atom. The molecule has 7 heteroatoms. The van der Waals surface area contributed by atoms with E-state index in [1.807, 2.05) is 36.0 Å². The number of aromatic nitrogens is 2. The van der Waals surface area contributed by atoms with Crippen LogP contribution in [-0.2, 0) is 6.42 Å². The van der Waals surface area contributed by atoms with E-state index in [1.54, 1.807) is 12.1 Å². The molecule has 6 nitrogen and oxygen atoms in total. The fourth-order valence-corrected chi connectivity index (χ4v) is 3.35. The third kappa shape index (κ3) is 5.05. The summed E-state index contributed by atoms with van der Waals surface area (Å²) < 4.78 is 2.93. The van der Waals surface area contributed by atoms with Crippen molar-refractivity contribution in [3.05, 3.63) is 74.9 Å². The lowest BCUT2D eigenvalue weighted by Gasteiger charge is -2.07. The van der Waals surface area contributed by atoms with Crippen molar-refractivity contribution in [2.24, 2.45) is 0 Å². The Kier molecular flexibility index (Phi) is 6.95. The largest absolute Gasteiger partial charge is 0.320 e. The van der Waals surface area contributed by atoms with Gasteiger partial charge in [-0.1, -0.05) is 34.5 Å². The zero-order chi connectivity index (χ0) is 19.9. The molecule has 0 radical (unpaired) electrons. The average molecular weight is 443 g/mol. The predicted molar refractivity (Wildman–Crippen MR) is 115 cm³/mol. The lowest BCUT2D eigenvalue weighted by Crippen LogP contribution is -2.07. The Hall–Kier alpha value is -2.51. The van der Waals surface area contributed by atoms with Crippen LogP contribution in [0.25, 0.3) is 16.9 Å². The Morgan fingerprint density at radius 2 is 1.79 bits per heavy atom. The minimum Gasteiger partial charge on any atom is -0.320 e. The Bertz CT molecular complexity index is 921. The first kappa shape index (κ1) is 20.2. The molecule has 0 saturated heterocycles. The molecule has 0 unspecified atom stereocenters. The van der Waals surface area contributed by atoms with Crippen LogP contribution in [0.2, 0.25) is 0 Å². The number of hydrogen-bond acceptors (Lipinski definition) is 4. The molecule has 0 aliphatic heterocycles. The number of non-ortho nitro benzene ring substituents is 1. The average Bonchev–Trinajstić information content (AvgIpc) is 3.12. The van der Waals surface area contributed by atoms with E-state index >= 15 is 0 Å². The molecular weight excluding hydrogens is 420 g/mol. The smallest absolute Gasteiger partial charge is 0.269 e. The summed E-state index contributed by atoms with van der Waals surface area (Å²) in [5.74, 6) is 0. The summed E-state index contributed by atoms with van der Waals surface area (Å²) in [6, 6.07) is 16.7. The summed E-state index contributed by atoms with van der Waals surface area (Å²) in [6.07, 6.45) is 4.26. The van der Waals surface area contributed by atoms with Crippen molar-refractivity contribution in [3.63, 3.8) is 0 Å². The molecule has 0 aliphatic carbocycles. The molecule has 3 rings (SSSR count). The molecule has 3 aromatic rings. The highest BCUT2D eigenvalue weighted by atomic mass is 79.9. The van der Waals surface area contributed by atoms with E-state index in [-0.39, 0.29) is 10.6 Å². The summed E-state index contributed by atoms with van der Waals surface area (Å²) >= 11 is 3.46. The van der Waals surface area contributed by atoms with Gasteiger partial charge in [-0.15, -0.1) is 0 Å². The normalized spacial score (nSPS) is 10.9. The minimum absolute atomic E-state index is 0.0812. The number of aryl methyl sites for hydroxylation is 1. The van der Waals surface area contributed by atoms with Crippen LogP contribution in [0, 0.1) is 10.1 Å². The summed E-state index contributed by atoms with van der Waals surface area (Å²) in [6.45, 7) is 1.02. The second kappa shape index (κ2) is 9.61. The van der Waals surface area contributed by atoms with Crippen LogP contribution in [0.15, 0.2) is 59.1 Å². The van der Waals surface area contributed by atoms with Gasteiger partial charge in [-0.3, -0.25) is 10.1 Å². The standard InChI is InChI=1S/C21H23BrN4O2/c1-23-14-4-2-3-5-20-15-21(16-6-8-17(22)9-7-16)24-25(20)18-10-12-19(13-11-18)26(27)28/h6-13,15,23H,2-5,14H2,1H3. The maximum absolute atomic E-state index is 10.9. The van der Waals surface area contributed by atoms with Crippen molar-refractivity contribution >= 4 is 21.6 Å². The van der Waals surface area contributed by atoms with Crippen LogP contribution in [0.1, 0.15) is 25.0 Å². The van der Waals surface area contributed by atoms with Gasteiger partial charge < -0.3 is 5.32 Å². The van der Waals surface area contributed by atoms with Gasteiger partial charge in [-0.25, -0.2) is 4.68 Å². The fraction of sp³-hybridized carbons (Fsp3) is 0.286. The SMILES string of the molecule is CNCCCCCc1cc(-c2ccc(Br)cc2)nn1-c1ccc([N+](=O)[O-])cc1. The summed E-state index contributed by atoms with van der Waals surface area (Å²) in [4.78, 5) is 10.5. The van der Waals surface area contributed by atoms with Crippen molar-refractivity contribution in [3.8, 4) is 16.9 Å². The molecule has 0 aliphatic rings. The number of hydrogen-bond donors (Lipinski definition) is 1. The molecule has 0 spiro atoms. The van der Waals surface area contributed by atoms with Gasteiger partial charge in [0.1, 0.15) is 0 Å². The van der Waals surface area contributed by atoms with Crippen molar-refractivity contribution in [1.29, 1.82) is 0 Å². The maximum Gasteiger partial charge on any atom is 0.269 e. The monoisotopic (exact) mass is 442 g/mol. The van der Waals surface area contributed by atoms with E-state index < -0.39 is 0 Å². The van der Waals surface area contributed by atoms with Crippen molar-refractivity contribution in [2.45, 2.75) is 25.7 Å². The number of rotatable bonds is 9. The van der Waals surface area contributed by atoms with Crippen molar-refractivity contribution < 1.29 is 4.92 Å². The van der Waals surface area contributed by atoms with Crippen molar-refractivity contribution in [2.75, 3.05) is 13.6 Å². The van der Waals surface area contributed by atoms with Crippen LogP contribution < -0.4 is 5.32 Å². The molecule has 0 fully saturated rings. The summed E-state index contributed by atoms with van der Waals surface area (Å²) in [5, 5.41) is 18.9. The Balaban J connectivity index is 1.88. The quantitative estimate of drug-likeness (QED) is 0.282. The number of nitrogens with one attached hydrogen (secondary N) is 1. The number of nitro groups is 1. The molecular formula is C21H23BrN4O2. The Morgan fingerprint density at radius 3 is 2.43 bits per heavy atom. The molecule has 2 aromatic carbocycles. The molecule has 146 valence electrons. The number of nitro benzene ring substituents is 1. The molecule has 1 heterocycles. The van der Waals surface area contributed by atoms with Crippen LogP contribution >= 0.6 is 15.9 Å². The van der Waals surface area contributed by atoms with E-state index in [0.717, 1.165) is 59.3 Å². The van der Waals surface area contributed by atoms with Crippen LogP contribution in [-0.4, -0.2) is 28.3 Å². The van der Waals surface area contributed by atoms with Gasteiger partial charge in [0, 0.05) is 27.9 Å². The highest BCUT2D eigenvalue weighted by Gasteiger charge is 2.13. The number of nitrogens with zero attached hydrogens (tertiary/aromatic N) is 3. The number of unbranched alkanes of at least 4 members (excludes halogenated alkanes) is 2. The van der Waals surface area contributed by atoms with Gasteiger partial charge in [0.05, 0.1) is 16.3 Å². The summed E-state index contributed by atoms with van der Waals surface area (Å²) in [5.41, 5.74) is 3.96. The van der Waals surface area contributed by atoms with E-state index in [1.165, 1.54) is 12.1 Å². The Labute approximate surface area is 172 Å². The number of benzene rings is 2. The first-order valence-corrected chi connectivity index (χ1v) is 10.1. The first-order chi connectivity index (χ1) is 13.6. The molecule has 28 heavy (non-hydrogen) atoms. The van der Waals surface area contributed by atoms with E-state index in [0.29, 0.717) is 0 Å².